The summed E-state index contributed by atoms with van der Waals surface area (Å²) >= 11 is 6.16. The van der Waals surface area contributed by atoms with Gasteiger partial charge in [0.05, 0.1) is 12.2 Å². The summed E-state index contributed by atoms with van der Waals surface area (Å²) in [6, 6.07) is 23.3. The predicted octanol–water partition coefficient (Wildman–Crippen LogP) is 4.50. The van der Waals surface area contributed by atoms with E-state index in [1.807, 2.05) is 48.5 Å². The van der Waals surface area contributed by atoms with Crippen molar-refractivity contribution in [3.05, 3.63) is 112 Å². The van der Waals surface area contributed by atoms with Gasteiger partial charge in [0, 0.05) is 23.3 Å². The molecule has 1 aliphatic rings. The number of anilines is 1. The Balaban J connectivity index is 1.71. The van der Waals surface area contributed by atoms with Crippen LogP contribution in [0.2, 0.25) is 5.02 Å². The highest BCUT2D eigenvalue weighted by molar-refractivity contribution is 7.97. The predicted molar refractivity (Wildman–Crippen MR) is 119 cm³/mol. The summed E-state index contributed by atoms with van der Waals surface area (Å²) in [7, 11) is -4.04. The quantitative estimate of drug-likeness (QED) is 0.595. The van der Waals surface area contributed by atoms with Gasteiger partial charge >= 0.3 is 0 Å². The second-order valence-corrected chi connectivity index (χ2v) is 9.06. The molecule has 30 heavy (non-hydrogen) atoms. The molecule has 1 N–H and O–H groups in total. The number of halogens is 1. The lowest BCUT2D eigenvalue weighted by Gasteiger charge is -2.31. The first-order chi connectivity index (χ1) is 14.5. The van der Waals surface area contributed by atoms with Gasteiger partial charge < -0.3 is 5.32 Å². The zero-order chi connectivity index (χ0) is 21.1. The molecule has 7 heteroatoms. The maximum atomic E-state index is 13.4. The first kappa shape index (κ1) is 20.2. The Morgan fingerprint density at radius 1 is 0.900 bits per heavy atom. The average Bonchev–Trinajstić information content (AvgIpc) is 2.75. The number of rotatable bonds is 5. The van der Waals surface area contributed by atoms with E-state index in [2.05, 4.69) is 5.32 Å². The van der Waals surface area contributed by atoms with E-state index in [0.29, 0.717) is 22.8 Å². The number of fused-ring (bicyclic) bond motifs is 1. The smallest absolute Gasteiger partial charge is 0.270 e. The molecule has 0 unspecified atom stereocenters. The minimum absolute atomic E-state index is 0.134. The topological polar surface area (TPSA) is 66.5 Å². The van der Waals surface area contributed by atoms with Gasteiger partial charge in [-0.25, -0.2) is 8.42 Å². The molecule has 0 spiro atoms. The summed E-state index contributed by atoms with van der Waals surface area (Å²) in [5.41, 5.74) is 2.37. The third-order valence-electron chi connectivity index (χ3n) is 4.86. The van der Waals surface area contributed by atoms with Crippen LogP contribution in [0.25, 0.3) is 0 Å². The van der Waals surface area contributed by atoms with E-state index in [0.717, 1.165) is 11.1 Å². The molecular formula is C23H19ClN2O3S. The van der Waals surface area contributed by atoms with E-state index in [1.54, 1.807) is 30.3 Å². The average molecular weight is 439 g/mol. The van der Waals surface area contributed by atoms with Crippen molar-refractivity contribution in [3.63, 3.8) is 0 Å². The molecule has 0 atom stereocenters. The summed E-state index contributed by atoms with van der Waals surface area (Å²) in [6.45, 7) is 0.432. The van der Waals surface area contributed by atoms with Crippen LogP contribution >= 0.6 is 11.6 Å². The minimum Gasteiger partial charge on any atom is -0.386 e. The molecule has 0 radical (unpaired) electrons. The molecule has 0 fully saturated rings. The van der Waals surface area contributed by atoms with Gasteiger partial charge in [0.2, 0.25) is 5.78 Å². The van der Waals surface area contributed by atoms with Gasteiger partial charge in [-0.1, -0.05) is 72.3 Å². The molecule has 1 aliphatic heterocycles. The number of benzene rings is 3. The molecule has 0 saturated heterocycles. The monoisotopic (exact) mass is 438 g/mol. The molecule has 0 amide bonds. The Morgan fingerprint density at radius 3 is 2.33 bits per heavy atom. The van der Waals surface area contributed by atoms with E-state index in [4.69, 9.17) is 11.6 Å². The van der Waals surface area contributed by atoms with Crippen LogP contribution in [0.5, 0.6) is 0 Å². The Labute approximate surface area is 180 Å². The zero-order valence-electron chi connectivity index (χ0n) is 16.0. The van der Waals surface area contributed by atoms with Gasteiger partial charge in [0.1, 0.15) is 0 Å². The second kappa shape index (κ2) is 8.34. The molecule has 5 nitrogen and oxygen atoms in total. The number of sulfonamides is 1. The summed E-state index contributed by atoms with van der Waals surface area (Å²) in [5, 5.41) is 3.51. The van der Waals surface area contributed by atoms with Gasteiger partial charge in [-0.3, -0.25) is 9.10 Å². The van der Waals surface area contributed by atoms with E-state index in [9.17, 15) is 13.2 Å². The number of carbonyl (C=O) groups excluding carboxylic acids is 1. The molecule has 4 rings (SSSR count). The molecule has 1 heterocycles. The van der Waals surface area contributed by atoms with Crippen molar-refractivity contribution in [2.75, 3.05) is 4.31 Å². The van der Waals surface area contributed by atoms with Crippen molar-refractivity contribution in [1.29, 1.82) is 0 Å². The summed E-state index contributed by atoms with van der Waals surface area (Å²) in [4.78, 5) is 12.7. The number of carbonyl (C=O) groups is 1. The highest BCUT2D eigenvalue weighted by atomic mass is 35.5. The van der Waals surface area contributed by atoms with Crippen LogP contribution in [0.1, 0.15) is 21.5 Å². The molecule has 3 aromatic rings. The normalized spacial score (nSPS) is 16.4. The molecule has 152 valence electrons. The van der Waals surface area contributed by atoms with Gasteiger partial charge in [-0.05, 0) is 29.3 Å². The zero-order valence-corrected chi connectivity index (χ0v) is 17.5. The van der Waals surface area contributed by atoms with Crippen molar-refractivity contribution in [3.8, 4) is 0 Å². The van der Waals surface area contributed by atoms with Crippen LogP contribution in [-0.2, 0) is 23.1 Å². The SMILES string of the molecule is O=C1/C(=C\NCc2ccccc2Cl)S(=O)(=O)N(Cc2ccccc2)c2ccccc21. The number of para-hydroxylation sites is 1. The van der Waals surface area contributed by atoms with E-state index >= 15 is 0 Å². The van der Waals surface area contributed by atoms with E-state index < -0.39 is 15.8 Å². The maximum absolute atomic E-state index is 13.4. The Morgan fingerprint density at radius 2 is 1.57 bits per heavy atom. The lowest BCUT2D eigenvalue weighted by molar-refractivity contribution is 0.104. The van der Waals surface area contributed by atoms with Crippen LogP contribution in [-0.4, -0.2) is 14.2 Å². The van der Waals surface area contributed by atoms with Crippen LogP contribution in [0.4, 0.5) is 5.69 Å². The summed E-state index contributed by atoms with van der Waals surface area (Å²) in [5.74, 6) is -0.526. The number of ketones is 1. The molecular weight excluding hydrogens is 420 g/mol. The largest absolute Gasteiger partial charge is 0.386 e. The van der Waals surface area contributed by atoms with Crippen LogP contribution < -0.4 is 9.62 Å². The number of Topliss-reactive ketones (excluding diaryl/α,β-unsaturated/α-hetero) is 1. The molecule has 0 aliphatic carbocycles. The third-order valence-corrected chi connectivity index (χ3v) is 7.00. The molecule has 0 aromatic heterocycles. The van der Waals surface area contributed by atoms with Crippen molar-refractivity contribution in [2.45, 2.75) is 13.1 Å². The Kier molecular flexibility index (Phi) is 5.61. The van der Waals surface area contributed by atoms with Gasteiger partial charge in [-0.2, -0.15) is 0 Å². The Bertz CT molecular complexity index is 1220. The highest BCUT2D eigenvalue weighted by Crippen LogP contribution is 2.35. The first-order valence-electron chi connectivity index (χ1n) is 9.36. The molecule has 0 bridgehead atoms. The molecule has 0 saturated carbocycles. The van der Waals surface area contributed by atoms with Crippen LogP contribution in [0.15, 0.2) is 90.0 Å². The number of hydrogen-bond acceptors (Lipinski definition) is 4. The fraction of sp³-hybridized carbons (Fsp3) is 0.0870. The summed E-state index contributed by atoms with van der Waals surface area (Å²) in [6.07, 6.45) is 1.27. The number of nitrogens with one attached hydrogen (secondary N) is 1. The first-order valence-corrected chi connectivity index (χ1v) is 11.2. The van der Waals surface area contributed by atoms with Gasteiger partial charge in [0.25, 0.3) is 10.0 Å². The number of nitrogens with zero attached hydrogens (tertiary/aromatic N) is 1. The fourth-order valence-corrected chi connectivity index (χ4v) is 5.09. The van der Waals surface area contributed by atoms with Gasteiger partial charge in [0.15, 0.2) is 4.91 Å². The standard InChI is InChI=1S/C23H19ClN2O3S/c24-20-12-6-4-10-18(20)14-25-15-22-23(27)19-11-5-7-13-21(19)26(30(22,28)29)16-17-8-2-1-3-9-17/h1-13,15,25H,14,16H2/b22-15+. The summed E-state index contributed by atoms with van der Waals surface area (Å²) < 4.78 is 28.0. The van der Waals surface area contributed by atoms with E-state index in [1.165, 1.54) is 10.5 Å². The third kappa shape index (κ3) is 3.84. The highest BCUT2D eigenvalue weighted by Gasteiger charge is 2.39. The Hall–Kier alpha value is -3.09. The number of allylic oxidation sites excluding steroid dienone is 1. The van der Waals surface area contributed by atoms with Crippen molar-refractivity contribution >= 4 is 33.1 Å². The number of hydrogen-bond donors (Lipinski definition) is 1. The van der Waals surface area contributed by atoms with Crippen LogP contribution in [0.3, 0.4) is 0 Å². The lowest BCUT2D eigenvalue weighted by Crippen LogP contribution is -2.39. The van der Waals surface area contributed by atoms with Crippen molar-refractivity contribution < 1.29 is 13.2 Å². The fourth-order valence-electron chi connectivity index (χ4n) is 3.34. The van der Waals surface area contributed by atoms with Crippen molar-refractivity contribution in [2.24, 2.45) is 0 Å². The van der Waals surface area contributed by atoms with E-state index in [-0.39, 0.29) is 11.4 Å². The minimum atomic E-state index is -4.04. The second-order valence-electron chi connectivity index (χ2n) is 6.82. The maximum Gasteiger partial charge on any atom is 0.270 e. The van der Waals surface area contributed by atoms with Crippen LogP contribution in [0, 0.1) is 0 Å². The van der Waals surface area contributed by atoms with Crippen molar-refractivity contribution in [1.82, 2.24) is 5.32 Å². The van der Waals surface area contributed by atoms with Gasteiger partial charge in [-0.15, -0.1) is 0 Å². The lowest BCUT2D eigenvalue weighted by atomic mass is 10.1. The molecule has 3 aromatic carbocycles.